The molecule has 0 bridgehead atoms. The number of rotatable bonds is 6. The molecule has 2 aromatic carbocycles. The minimum Gasteiger partial charge on any atom is -0.496 e. The molecule has 1 N–H and O–H groups in total. The van der Waals surface area contributed by atoms with Crippen LogP contribution in [-0.4, -0.2) is 76.9 Å². The SMILES string of the molecule is COC(=O)c1ccccc1NC(=O)c1cc(S(=O)(=O)N2CCN(C)CC2)ccc1OC. The number of piperazine rings is 1. The summed E-state index contributed by atoms with van der Waals surface area (Å²) in [5.74, 6) is -0.997. The molecule has 9 nitrogen and oxygen atoms in total. The van der Waals surface area contributed by atoms with Gasteiger partial charge in [0.05, 0.1) is 35.9 Å². The number of likely N-dealkylation sites (N-methyl/N-ethyl adjacent to an activating group) is 1. The van der Waals surface area contributed by atoms with E-state index in [0.717, 1.165) is 0 Å². The van der Waals surface area contributed by atoms with Crippen LogP contribution in [0, 0.1) is 0 Å². The van der Waals surface area contributed by atoms with E-state index in [1.54, 1.807) is 18.2 Å². The number of sulfonamides is 1. The summed E-state index contributed by atoms with van der Waals surface area (Å²) in [7, 11) is 0.807. The molecule has 0 aromatic heterocycles. The maximum absolute atomic E-state index is 13.1. The smallest absolute Gasteiger partial charge is 0.339 e. The van der Waals surface area contributed by atoms with Gasteiger partial charge in [0.15, 0.2) is 0 Å². The molecule has 0 spiro atoms. The molecule has 1 amide bonds. The number of hydrogen-bond acceptors (Lipinski definition) is 7. The van der Waals surface area contributed by atoms with Crippen LogP contribution in [0.5, 0.6) is 5.75 Å². The summed E-state index contributed by atoms with van der Waals surface area (Å²) in [5, 5.41) is 2.65. The molecule has 2 aromatic rings. The third kappa shape index (κ3) is 4.87. The van der Waals surface area contributed by atoms with E-state index in [-0.39, 0.29) is 27.5 Å². The molecule has 0 unspecified atom stereocenters. The van der Waals surface area contributed by atoms with Gasteiger partial charge in [-0.1, -0.05) is 12.1 Å². The van der Waals surface area contributed by atoms with E-state index in [9.17, 15) is 18.0 Å². The zero-order valence-corrected chi connectivity index (χ0v) is 18.4. The number of carbonyl (C=O) groups excluding carboxylic acids is 2. The lowest BCUT2D eigenvalue weighted by molar-refractivity contribution is 0.0602. The summed E-state index contributed by atoms with van der Waals surface area (Å²) in [4.78, 5) is 27.0. The lowest BCUT2D eigenvalue weighted by Crippen LogP contribution is -2.47. The Balaban J connectivity index is 1.93. The molecule has 166 valence electrons. The number of hydrogen-bond donors (Lipinski definition) is 1. The highest BCUT2D eigenvalue weighted by Crippen LogP contribution is 2.27. The first-order chi connectivity index (χ1) is 14.8. The van der Waals surface area contributed by atoms with Crippen molar-refractivity contribution < 1.29 is 27.5 Å². The maximum atomic E-state index is 13.1. The quantitative estimate of drug-likeness (QED) is 0.672. The van der Waals surface area contributed by atoms with E-state index in [1.165, 1.54) is 42.8 Å². The van der Waals surface area contributed by atoms with Gasteiger partial charge in [0, 0.05) is 26.2 Å². The van der Waals surface area contributed by atoms with Crippen LogP contribution in [-0.2, 0) is 14.8 Å². The standard InChI is InChI=1S/C21H25N3O6S/c1-23-10-12-24(13-11-23)31(27,28)15-8-9-19(29-2)17(14-15)20(25)22-18-7-5-4-6-16(18)21(26)30-3/h4-9,14H,10-13H2,1-3H3,(H,22,25). The fourth-order valence-corrected chi connectivity index (χ4v) is 4.72. The Morgan fingerprint density at radius 3 is 2.29 bits per heavy atom. The first-order valence-corrected chi connectivity index (χ1v) is 11.1. The summed E-state index contributed by atoms with van der Waals surface area (Å²) in [6.07, 6.45) is 0. The third-order valence-corrected chi connectivity index (χ3v) is 6.99. The Hall–Kier alpha value is -2.95. The minimum absolute atomic E-state index is 0.00394. The Morgan fingerprint density at radius 2 is 1.65 bits per heavy atom. The van der Waals surface area contributed by atoms with Crippen molar-refractivity contribution in [3.63, 3.8) is 0 Å². The van der Waals surface area contributed by atoms with Crippen molar-refractivity contribution in [2.45, 2.75) is 4.90 Å². The third-order valence-electron chi connectivity index (χ3n) is 5.10. The number of esters is 1. The van der Waals surface area contributed by atoms with E-state index in [1.807, 2.05) is 7.05 Å². The van der Waals surface area contributed by atoms with Gasteiger partial charge in [-0.25, -0.2) is 13.2 Å². The lowest BCUT2D eigenvalue weighted by Gasteiger charge is -2.31. The molecule has 0 atom stereocenters. The molecule has 1 heterocycles. The first kappa shape index (κ1) is 22.7. The number of methoxy groups -OCH3 is 2. The van der Waals surface area contributed by atoms with Crippen LogP contribution >= 0.6 is 0 Å². The van der Waals surface area contributed by atoms with E-state index in [2.05, 4.69) is 10.2 Å². The van der Waals surface area contributed by atoms with Gasteiger partial charge in [-0.15, -0.1) is 0 Å². The second-order valence-corrected chi connectivity index (χ2v) is 9.00. The molecular weight excluding hydrogens is 422 g/mol. The van der Waals surface area contributed by atoms with Gasteiger partial charge in [0.2, 0.25) is 10.0 Å². The molecule has 1 saturated heterocycles. The van der Waals surface area contributed by atoms with Crippen LogP contribution < -0.4 is 10.1 Å². The number of carbonyl (C=O) groups is 2. The summed E-state index contributed by atoms with van der Waals surface area (Å²) < 4.78 is 37.6. The number of para-hydroxylation sites is 1. The summed E-state index contributed by atoms with van der Waals surface area (Å²) >= 11 is 0. The topological polar surface area (TPSA) is 105 Å². The number of nitrogens with zero attached hydrogens (tertiary/aromatic N) is 2. The number of ether oxygens (including phenoxy) is 2. The summed E-state index contributed by atoms with van der Waals surface area (Å²) in [6, 6.07) is 10.5. The highest BCUT2D eigenvalue weighted by molar-refractivity contribution is 7.89. The lowest BCUT2D eigenvalue weighted by atomic mass is 10.1. The Kier molecular flexibility index (Phi) is 6.94. The molecule has 31 heavy (non-hydrogen) atoms. The average Bonchev–Trinajstić information content (AvgIpc) is 2.78. The fraction of sp³-hybridized carbons (Fsp3) is 0.333. The zero-order chi connectivity index (χ0) is 22.6. The first-order valence-electron chi connectivity index (χ1n) is 9.63. The monoisotopic (exact) mass is 447 g/mol. The van der Waals surface area contributed by atoms with Crippen molar-refractivity contribution in [2.75, 3.05) is 52.8 Å². The van der Waals surface area contributed by atoms with E-state index in [0.29, 0.717) is 26.2 Å². The fourth-order valence-electron chi connectivity index (χ4n) is 3.27. The van der Waals surface area contributed by atoms with Gasteiger partial charge in [-0.2, -0.15) is 4.31 Å². The Morgan fingerprint density at radius 1 is 0.968 bits per heavy atom. The van der Waals surface area contributed by atoms with E-state index >= 15 is 0 Å². The minimum atomic E-state index is -3.77. The summed E-state index contributed by atoms with van der Waals surface area (Å²) in [6.45, 7) is 2.01. The van der Waals surface area contributed by atoms with Crippen molar-refractivity contribution in [3.05, 3.63) is 53.6 Å². The van der Waals surface area contributed by atoms with Crippen LogP contribution in [0.3, 0.4) is 0 Å². The van der Waals surface area contributed by atoms with Crippen molar-refractivity contribution in [1.82, 2.24) is 9.21 Å². The van der Waals surface area contributed by atoms with Crippen LogP contribution in [0.4, 0.5) is 5.69 Å². The van der Waals surface area contributed by atoms with Gasteiger partial charge >= 0.3 is 5.97 Å². The molecule has 3 rings (SSSR count). The number of anilines is 1. The second kappa shape index (κ2) is 9.46. The van der Waals surface area contributed by atoms with Crippen molar-refractivity contribution in [1.29, 1.82) is 0 Å². The molecule has 1 aliphatic rings. The van der Waals surface area contributed by atoms with E-state index < -0.39 is 21.9 Å². The largest absolute Gasteiger partial charge is 0.496 e. The van der Waals surface area contributed by atoms with Gasteiger partial charge < -0.3 is 19.7 Å². The normalized spacial score (nSPS) is 15.3. The van der Waals surface area contributed by atoms with Gasteiger partial charge in [-0.3, -0.25) is 4.79 Å². The predicted octanol–water partition coefficient (Wildman–Crippen LogP) is 1.67. The van der Waals surface area contributed by atoms with E-state index in [4.69, 9.17) is 9.47 Å². The molecule has 0 aliphatic carbocycles. The van der Waals surface area contributed by atoms with Crippen molar-refractivity contribution >= 4 is 27.6 Å². The second-order valence-electron chi connectivity index (χ2n) is 7.06. The zero-order valence-electron chi connectivity index (χ0n) is 17.6. The Bertz CT molecular complexity index is 1080. The number of benzene rings is 2. The molecule has 0 saturated carbocycles. The molecule has 0 radical (unpaired) electrons. The highest BCUT2D eigenvalue weighted by atomic mass is 32.2. The maximum Gasteiger partial charge on any atom is 0.339 e. The number of nitrogens with one attached hydrogen (secondary N) is 1. The molecule has 1 aliphatic heterocycles. The predicted molar refractivity (Wildman–Crippen MR) is 115 cm³/mol. The van der Waals surface area contributed by atoms with Gasteiger partial charge in [0.25, 0.3) is 5.91 Å². The van der Waals surface area contributed by atoms with Crippen LogP contribution in [0.2, 0.25) is 0 Å². The highest BCUT2D eigenvalue weighted by Gasteiger charge is 2.29. The van der Waals surface area contributed by atoms with Crippen LogP contribution in [0.1, 0.15) is 20.7 Å². The van der Waals surface area contributed by atoms with Crippen molar-refractivity contribution in [2.24, 2.45) is 0 Å². The van der Waals surface area contributed by atoms with Crippen molar-refractivity contribution in [3.8, 4) is 5.75 Å². The number of amides is 1. The molecule has 1 fully saturated rings. The summed E-state index contributed by atoms with van der Waals surface area (Å²) in [5.41, 5.74) is 0.463. The molecule has 10 heteroatoms. The molecular formula is C21H25N3O6S. The van der Waals surface area contributed by atoms with Crippen LogP contribution in [0.15, 0.2) is 47.4 Å². The average molecular weight is 448 g/mol. The van der Waals surface area contributed by atoms with Gasteiger partial charge in [0.1, 0.15) is 5.75 Å². The van der Waals surface area contributed by atoms with Gasteiger partial charge in [-0.05, 0) is 37.4 Å². The van der Waals surface area contributed by atoms with Crippen LogP contribution in [0.25, 0.3) is 0 Å². The Labute approximate surface area is 181 Å².